The van der Waals surface area contributed by atoms with Crippen LogP contribution < -0.4 is 5.32 Å². The van der Waals surface area contributed by atoms with Gasteiger partial charge >= 0.3 is 0 Å². The highest BCUT2D eigenvalue weighted by Crippen LogP contribution is 2.25. The Kier molecular flexibility index (Phi) is 2.88. The number of fused-ring (bicyclic) bond motifs is 1. The quantitative estimate of drug-likeness (QED) is 0.872. The first-order valence-electron chi connectivity index (χ1n) is 6.36. The Balaban J connectivity index is 2.06. The predicted octanol–water partition coefficient (Wildman–Crippen LogP) is 3.32. The molecule has 3 nitrogen and oxygen atoms in total. The van der Waals surface area contributed by atoms with E-state index >= 15 is 0 Å². The molecule has 0 saturated carbocycles. The molecular formula is C16H14N2O. The zero-order valence-corrected chi connectivity index (χ0v) is 10.7. The van der Waals surface area contributed by atoms with Crippen LogP contribution in [0.25, 0.3) is 0 Å². The Hall–Kier alpha value is -2.42. The Labute approximate surface area is 112 Å². The maximum Gasteiger partial charge on any atom is 0.275 e. The van der Waals surface area contributed by atoms with E-state index < -0.39 is 0 Å². The number of hydrogen-bond acceptors (Lipinski definition) is 2. The number of rotatable bonds is 2. The second-order valence-corrected chi connectivity index (χ2v) is 4.48. The molecule has 0 aromatic heterocycles. The number of amides is 1. The average molecular weight is 250 g/mol. The maximum absolute atomic E-state index is 11.9. The second-order valence-electron chi connectivity index (χ2n) is 4.48. The number of aryl methyl sites for hydroxylation is 1. The minimum atomic E-state index is -0.136. The summed E-state index contributed by atoms with van der Waals surface area (Å²) >= 11 is 0. The van der Waals surface area contributed by atoms with Gasteiger partial charge in [0.05, 0.1) is 11.4 Å². The van der Waals surface area contributed by atoms with Gasteiger partial charge in [0.15, 0.2) is 0 Å². The summed E-state index contributed by atoms with van der Waals surface area (Å²) in [5.74, 6) is -0.136. The Morgan fingerprint density at radius 1 is 1.11 bits per heavy atom. The molecule has 0 radical (unpaired) electrons. The molecule has 94 valence electrons. The van der Waals surface area contributed by atoms with Crippen molar-refractivity contribution in [2.75, 3.05) is 5.32 Å². The third kappa shape index (κ3) is 2.15. The molecular weight excluding hydrogens is 236 g/mol. The fourth-order valence-electron chi connectivity index (χ4n) is 2.19. The first-order valence-corrected chi connectivity index (χ1v) is 6.36. The molecule has 3 rings (SSSR count). The largest absolute Gasteiger partial charge is 0.320 e. The van der Waals surface area contributed by atoms with Crippen LogP contribution in [0, 0.1) is 0 Å². The van der Waals surface area contributed by atoms with Gasteiger partial charge in [0.25, 0.3) is 5.91 Å². The molecule has 19 heavy (non-hydrogen) atoms. The lowest BCUT2D eigenvalue weighted by Gasteiger charge is -2.00. The molecule has 0 atom stereocenters. The number of nitrogens with one attached hydrogen (secondary N) is 1. The lowest BCUT2D eigenvalue weighted by Crippen LogP contribution is -2.13. The SMILES string of the molecule is CCc1cccc(N=C2C(=O)Nc3ccccc32)c1. The fourth-order valence-corrected chi connectivity index (χ4v) is 2.19. The summed E-state index contributed by atoms with van der Waals surface area (Å²) in [5.41, 5.74) is 4.23. The van der Waals surface area contributed by atoms with E-state index in [1.165, 1.54) is 5.56 Å². The number of anilines is 1. The van der Waals surface area contributed by atoms with E-state index in [4.69, 9.17) is 0 Å². The smallest absolute Gasteiger partial charge is 0.275 e. The molecule has 1 heterocycles. The zero-order chi connectivity index (χ0) is 13.2. The second kappa shape index (κ2) is 4.69. The number of para-hydroxylation sites is 1. The highest BCUT2D eigenvalue weighted by atomic mass is 16.2. The minimum absolute atomic E-state index is 0.136. The van der Waals surface area contributed by atoms with Crippen molar-refractivity contribution in [3.8, 4) is 0 Å². The van der Waals surface area contributed by atoms with Crippen LogP contribution in [-0.4, -0.2) is 11.6 Å². The van der Waals surface area contributed by atoms with Crippen LogP contribution in [0.2, 0.25) is 0 Å². The first-order chi connectivity index (χ1) is 9.28. The van der Waals surface area contributed by atoms with E-state index in [1.54, 1.807) is 0 Å². The average Bonchev–Trinajstić information content (AvgIpc) is 2.76. The molecule has 1 aliphatic heterocycles. The Bertz CT molecular complexity index is 674. The van der Waals surface area contributed by atoms with Crippen LogP contribution in [0.5, 0.6) is 0 Å². The van der Waals surface area contributed by atoms with Gasteiger partial charge in [0, 0.05) is 5.56 Å². The van der Waals surface area contributed by atoms with Crippen LogP contribution in [-0.2, 0) is 11.2 Å². The van der Waals surface area contributed by atoms with E-state index in [-0.39, 0.29) is 5.91 Å². The van der Waals surface area contributed by atoms with E-state index in [1.807, 2.05) is 42.5 Å². The van der Waals surface area contributed by atoms with Crippen molar-refractivity contribution in [3.05, 3.63) is 59.7 Å². The van der Waals surface area contributed by atoms with Crippen molar-refractivity contribution in [2.45, 2.75) is 13.3 Å². The lowest BCUT2D eigenvalue weighted by molar-refractivity contribution is -0.110. The molecule has 0 saturated heterocycles. The van der Waals surface area contributed by atoms with Crippen molar-refractivity contribution >= 4 is 23.0 Å². The first kappa shape index (κ1) is 11.7. The van der Waals surface area contributed by atoms with Crippen molar-refractivity contribution in [1.82, 2.24) is 0 Å². The highest BCUT2D eigenvalue weighted by Gasteiger charge is 2.25. The summed E-state index contributed by atoms with van der Waals surface area (Å²) in [4.78, 5) is 16.4. The van der Waals surface area contributed by atoms with Crippen LogP contribution in [0.3, 0.4) is 0 Å². The van der Waals surface area contributed by atoms with Gasteiger partial charge in [0.1, 0.15) is 5.71 Å². The maximum atomic E-state index is 11.9. The molecule has 3 heteroatoms. The van der Waals surface area contributed by atoms with Crippen LogP contribution in [0.15, 0.2) is 53.5 Å². The topological polar surface area (TPSA) is 41.5 Å². The van der Waals surface area contributed by atoms with E-state index in [2.05, 4.69) is 23.3 Å². The molecule has 0 fully saturated rings. The van der Waals surface area contributed by atoms with Gasteiger partial charge in [-0.15, -0.1) is 0 Å². The standard InChI is InChI=1S/C16H14N2O/c1-2-11-6-5-7-12(10-11)17-15-13-8-3-4-9-14(13)18-16(15)19/h3-10H,2H2,1H3,(H,17,18,19). The van der Waals surface area contributed by atoms with E-state index in [9.17, 15) is 4.79 Å². The number of hydrogen-bond donors (Lipinski definition) is 1. The zero-order valence-electron chi connectivity index (χ0n) is 10.7. The number of nitrogens with zero attached hydrogens (tertiary/aromatic N) is 1. The summed E-state index contributed by atoms with van der Waals surface area (Å²) in [6.07, 6.45) is 0.960. The van der Waals surface area contributed by atoms with Gasteiger partial charge in [0.2, 0.25) is 0 Å². The van der Waals surface area contributed by atoms with Crippen molar-refractivity contribution in [3.63, 3.8) is 0 Å². The van der Waals surface area contributed by atoms with Gasteiger partial charge in [-0.2, -0.15) is 0 Å². The summed E-state index contributed by atoms with van der Waals surface area (Å²) in [6, 6.07) is 15.6. The fraction of sp³-hybridized carbons (Fsp3) is 0.125. The number of carbonyl (C=O) groups excluding carboxylic acids is 1. The highest BCUT2D eigenvalue weighted by molar-refractivity contribution is 6.54. The van der Waals surface area contributed by atoms with Crippen molar-refractivity contribution in [1.29, 1.82) is 0 Å². The summed E-state index contributed by atoms with van der Waals surface area (Å²) < 4.78 is 0. The van der Waals surface area contributed by atoms with Crippen LogP contribution in [0.1, 0.15) is 18.1 Å². The number of benzene rings is 2. The predicted molar refractivity (Wildman–Crippen MR) is 77.1 cm³/mol. The molecule has 0 spiro atoms. The third-order valence-electron chi connectivity index (χ3n) is 3.21. The summed E-state index contributed by atoms with van der Waals surface area (Å²) in [6.45, 7) is 2.10. The van der Waals surface area contributed by atoms with Crippen LogP contribution >= 0.6 is 0 Å². The van der Waals surface area contributed by atoms with E-state index in [0.29, 0.717) is 5.71 Å². The molecule has 2 aromatic rings. The normalized spacial score (nSPS) is 15.4. The molecule has 0 bridgehead atoms. The molecule has 0 unspecified atom stereocenters. The molecule has 1 aliphatic rings. The molecule has 2 aromatic carbocycles. The molecule has 1 amide bonds. The van der Waals surface area contributed by atoms with E-state index in [0.717, 1.165) is 23.4 Å². The Morgan fingerprint density at radius 3 is 2.79 bits per heavy atom. The molecule has 0 aliphatic carbocycles. The van der Waals surface area contributed by atoms with Crippen LogP contribution in [0.4, 0.5) is 11.4 Å². The monoisotopic (exact) mass is 250 g/mol. The van der Waals surface area contributed by atoms with Gasteiger partial charge < -0.3 is 5.32 Å². The van der Waals surface area contributed by atoms with Crippen molar-refractivity contribution < 1.29 is 4.79 Å². The third-order valence-corrected chi connectivity index (χ3v) is 3.21. The number of aliphatic imine (C=N–C) groups is 1. The Morgan fingerprint density at radius 2 is 1.95 bits per heavy atom. The number of carbonyl (C=O) groups is 1. The van der Waals surface area contributed by atoms with Gasteiger partial charge in [-0.25, -0.2) is 4.99 Å². The van der Waals surface area contributed by atoms with Crippen molar-refractivity contribution in [2.24, 2.45) is 4.99 Å². The lowest BCUT2D eigenvalue weighted by atomic mass is 10.1. The minimum Gasteiger partial charge on any atom is -0.320 e. The molecule has 1 N–H and O–H groups in total. The summed E-state index contributed by atoms with van der Waals surface area (Å²) in [7, 11) is 0. The van der Waals surface area contributed by atoms with Gasteiger partial charge in [-0.1, -0.05) is 37.3 Å². The van der Waals surface area contributed by atoms with Gasteiger partial charge in [-0.3, -0.25) is 4.79 Å². The van der Waals surface area contributed by atoms with Gasteiger partial charge in [-0.05, 0) is 30.2 Å². The summed E-state index contributed by atoms with van der Waals surface area (Å²) in [5, 5.41) is 2.83.